The summed E-state index contributed by atoms with van der Waals surface area (Å²) in [6.07, 6.45) is 3.24. The summed E-state index contributed by atoms with van der Waals surface area (Å²) in [5, 5.41) is 6.79. The molecule has 1 amide bonds. The van der Waals surface area contributed by atoms with Crippen LogP contribution in [0, 0.1) is 12.8 Å². The van der Waals surface area contributed by atoms with Gasteiger partial charge in [0.1, 0.15) is 0 Å². The lowest BCUT2D eigenvalue weighted by Gasteiger charge is -2.11. The van der Waals surface area contributed by atoms with Gasteiger partial charge in [-0.15, -0.1) is 0 Å². The van der Waals surface area contributed by atoms with Gasteiger partial charge in [-0.25, -0.2) is 0 Å². The van der Waals surface area contributed by atoms with Crippen molar-refractivity contribution in [3.8, 4) is 0 Å². The van der Waals surface area contributed by atoms with Crippen LogP contribution in [0.5, 0.6) is 0 Å². The maximum absolute atomic E-state index is 12.1. The lowest BCUT2D eigenvalue weighted by molar-refractivity contribution is 0.0948. The number of aryl methyl sites for hydroxylation is 1. The zero-order valence-electron chi connectivity index (χ0n) is 13.0. The maximum atomic E-state index is 12.1. The topological polar surface area (TPSA) is 54.0 Å². The van der Waals surface area contributed by atoms with E-state index in [4.69, 9.17) is 11.6 Å². The first-order chi connectivity index (χ1) is 10.5. The molecule has 4 nitrogen and oxygen atoms in total. The average molecular weight is 318 g/mol. The highest BCUT2D eigenvalue weighted by Crippen LogP contribution is 2.24. The first-order valence-corrected chi connectivity index (χ1v) is 7.60. The molecule has 1 aromatic carbocycles. The van der Waals surface area contributed by atoms with Crippen molar-refractivity contribution >= 4 is 28.9 Å². The molecule has 0 atom stereocenters. The summed E-state index contributed by atoms with van der Waals surface area (Å²) < 4.78 is 0. The highest BCUT2D eigenvalue weighted by Gasteiger charge is 2.08. The largest absolute Gasteiger partial charge is 0.354 e. The third-order valence-corrected chi connectivity index (χ3v) is 3.39. The van der Waals surface area contributed by atoms with Crippen LogP contribution in [0.2, 0.25) is 5.02 Å². The Balaban J connectivity index is 2.14. The van der Waals surface area contributed by atoms with Crippen LogP contribution in [-0.4, -0.2) is 17.4 Å². The Labute approximate surface area is 135 Å². The van der Waals surface area contributed by atoms with Crippen molar-refractivity contribution in [3.05, 3.63) is 52.8 Å². The molecule has 1 heterocycles. The second-order valence-corrected chi connectivity index (χ2v) is 6.09. The van der Waals surface area contributed by atoms with Crippen molar-refractivity contribution in [1.29, 1.82) is 0 Å². The third-order valence-electron chi connectivity index (χ3n) is 3.15. The Morgan fingerprint density at radius 1 is 1.27 bits per heavy atom. The van der Waals surface area contributed by atoms with Gasteiger partial charge in [-0.2, -0.15) is 0 Å². The van der Waals surface area contributed by atoms with Crippen LogP contribution in [0.15, 0.2) is 36.7 Å². The summed E-state index contributed by atoms with van der Waals surface area (Å²) in [4.78, 5) is 16.2. The lowest BCUT2D eigenvalue weighted by Crippen LogP contribution is -2.27. The van der Waals surface area contributed by atoms with Crippen LogP contribution in [-0.2, 0) is 0 Å². The first kappa shape index (κ1) is 16.3. The number of halogens is 1. The van der Waals surface area contributed by atoms with E-state index in [2.05, 4.69) is 29.5 Å². The minimum absolute atomic E-state index is 0.118. The second-order valence-electron chi connectivity index (χ2n) is 5.65. The third kappa shape index (κ3) is 4.46. The SMILES string of the molecule is Cc1ccc(Cl)cc1Nc1cncc(C(=O)NCC(C)C)c1. The second kappa shape index (κ2) is 7.27. The van der Waals surface area contributed by atoms with Crippen molar-refractivity contribution in [2.75, 3.05) is 11.9 Å². The highest BCUT2D eigenvalue weighted by atomic mass is 35.5. The van der Waals surface area contributed by atoms with Gasteiger partial charge in [0.15, 0.2) is 0 Å². The lowest BCUT2D eigenvalue weighted by atomic mass is 10.2. The number of anilines is 2. The number of hydrogen-bond acceptors (Lipinski definition) is 3. The van der Waals surface area contributed by atoms with E-state index >= 15 is 0 Å². The molecule has 0 aliphatic heterocycles. The van der Waals surface area contributed by atoms with Crippen molar-refractivity contribution in [2.45, 2.75) is 20.8 Å². The Morgan fingerprint density at radius 2 is 2.05 bits per heavy atom. The van der Waals surface area contributed by atoms with Gasteiger partial charge in [0, 0.05) is 23.5 Å². The predicted octanol–water partition coefficient (Wildman–Crippen LogP) is 4.17. The molecule has 5 heteroatoms. The summed E-state index contributed by atoms with van der Waals surface area (Å²) in [5.41, 5.74) is 3.25. The molecule has 0 bridgehead atoms. The van der Waals surface area contributed by atoms with Crippen LogP contribution >= 0.6 is 11.6 Å². The highest BCUT2D eigenvalue weighted by molar-refractivity contribution is 6.30. The van der Waals surface area contributed by atoms with Gasteiger partial charge < -0.3 is 10.6 Å². The number of nitrogens with one attached hydrogen (secondary N) is 2. The quantitative estimate of drug-likeness (QED) is 0.870. The number of pyridine rings is 1. The molecule has 0 radical (unpaired) electrons. The molecular formula is C17H20ClN3O. The molecule has 0 aliphatic rings. The zero-order chi connectivity index (χ0) is 16.1. The van der Waals surface area contributed by atoms with Crippen LogP contribution in [0.25, 0.3) is 0 Å². The van der Waals surface area contributed by atoms with E-state index in [0.29, 0.717) is 23.0 Å². The van der Waals surface area contributed by atoms with Crippen molar-refractivity contribution in [1.82, 2.24) is 10.3 Å². The first-order valence-electron chi connectivity index (χ1n) is 7.22. The molecule has 0 fully saturated rings. The average Bonchev–Trinajstić information content (AvgIpc) is 2.49. The fourth-order valence-corrected chi connectivity index (χ4v) is 2.09. The van der Waals surface area contributed by atoms with Crippen molar-refractivity contribution in [3.63, 3.8) is 0 Å². The molecule has 2 N–H and O–H groups in total. The maximum Gasteiger partial charge on any atom is 0.252 e. The van der Waals surface area contributed by atoms with Gasteiger partial charge in [0.2, 0.25) is 0 Å². The van der Waals surface area contributed by atoms with Gasteiger partial charge >= 0.3 is 0 Å². The van der Waals surface area contributed by atoms with Crippen molar-refractivity contribution < 1.29 is 4.79 Å². The molecule has 2 rings (SSSR count). The summed E-state index contributed by atoms with van der Waals surface area (Å²) in [6.45, 7) is 6.74. The Hall–Kier alpha value is -2.07. The Bertz CT molecular complexity index is 671. The number of carbonyl (C=O) groups is 1. The molecule has 2 aromatic rings. The number of hydrogen-bond donors (Lipinski definition) is 2. The van der Waals surface area contributed by atoms with Gasteiger partial charge in [0.05, 0.1) is 17.4 Å². The molecule has 1 aromatic heterocycles. The van der Waals surface area contributed by atoms with E-state index in [1.807, 2.05) is 25.1 Å². The smallest absolute Gasteiger partial charge is 0.252 e. The minimum atomic E-state index is -0.118. The standard InChI is InChI=1S/C17H20ClN3O/c1-11(2)8-20-17(22)13-6-15(10-19-9-13)21-16-7-14(18)5-4-12(16)3/h4-7,9-11,21H,8H2,1-3H3,(H,20,22). The number of amides is 1. The molecule has 0 saturated carbocycles. The van der Waals surface area contributed by atoms with Gasteiger partial charge in [-0.3, -0.25) is 9.78 Å². The van der Waals surface area contributed by atoms with E-state index in [-0.39, 0.29) is 5.91 Å². The normalized spacial score (nSPS) is 10.6. The predicted molar refractivity (Wildman–Crippen MR) is 90.9 cm³/mol. The molecule has 0 saturated heterocycles. The van der Waals surface area contributed by atoms with Crippen LogP contribution in [0.4, 0.5) is 11.4 Å². The number of rotatable bonds is 5. The number of aromatic nitrogens is 1. The molecular weight excluding hydrogens is 298 g/mol. The van der Waals surface area contributed by atoms with E-state index in [0.717, 1.165) is 16.9 Å². The minimum Gasteiger partial charge on any atom is -0.354 e. The fourth-order valence-electron chi connectivity index (χ4n) is 1.92. The van der Waals surface area contributed by atoms with Crippen molar-refractivity contribution in [2.24, 2.45) is 5.92 Å². The zero-order valence-corrected chi connectivity index (χ0v) is 13.7. The van der Waals surface area contributed by atoms with E-state index in [1.165, 1.54) is 0 Å². The fraction of sp³-hybridized carbons (Fsp3) is 0.294. The molecule has 0 aliphatic carbocycles. The summed E-state index contributed by atoms with van der Waals surface area (Å²) in [7, 11) is 0. The molecule has 0 spiro atoms. The van der Waals surface area contributed by atoms with E-state index in [1.54, 1.807) is 18.5 Å². The van der Waals surface area contributed by atoms with Crippen LogP contribution in [0.1, 0.15) is 29.8 Å². The van der Waals surface area contributed by atoms with Crippen LogP contribution in [0.3, 0.4) is 0 Å². The Morgan fingerprint density at radius 3 is 2.77 bits per heavy atom. The molecule has 116 valence electrons. The number of benzene rings is 1. The Kier molecular flexibility index (Phi) is 5.39. The van der Waals surface area contributed by atoms with E-state index in [9.17, 15) is 4.79 Å². The van der Waals surface area contributed by atoms with Gasteiger partial charge in [0.25, 0.3) is 5.91 Å². The summed E-state index contributed by atoms with van der Waals surface area (Å²) in [6, 6.07) is 7.42. The van der Waals surface area contributed by atoms with Gasteiger partial charge in [-0.05, 0) is 36.6 Å². The monoisotopic (exact) mass is 317 g/mol. The molecule has 0 unspecified atom stereocenters. The van der Waals surface area contributed by atoms with Gasteiger partial charge in [-0.1, -0.05) is 31.5 Å². The summed E-state index contributed by atoms with van der Waals surface area (Å²) in [5.74, 6) is 0.292. The molecule has 22 heavy (non-hydrogen) atoms. The number of nitrogens with zero attached hydrogens (tertiary/aromatic N) is 1. The number of carbonyl (C=O) groups excluding carboxylic acids is 1. The van der Waals surface area contributed by atoms with E-state index < -0.39 is 0 Å². The van der Waals surface area contributed by atoms with Crippen LogP contribution < -0.4 is 10.6 Å². The summed E-state index contributed by atoms with van der Waals surface area (Å²) >= 11 is 6.02.